The number of hydrogen-bond acceptors (Lipinski definition) is 7. The number of imidazole rings is 1. The molecule has 0 saturated heterocycles. The van der Waals surface area contributed by atoms with E-state index >= 15 is 0 Å². The van der Waals surface area contributed by atoms with Crippen molar-refractivity contribution in [1.82, 2.24) is 19.5 Å². The fourth-order valence-electron chi connectivity index (χ4n) is 2.70. The van der Waals surface area contributed by atoms with Gasteiger partial charge in [0.25, 0.3) is 0 Å². The van der Waals surface area contributed by atoms with Gasteiger partial charge >= 0.3 is 11.8 Å². The van der Waals surface area contributed by atoms with Crippen LogP contribution in [-0.2, 0) is 6.54 Å². The molecule has 0 radical (unpaired) electrons. The van der Waals surface area contributed by atoms with E-state index in [1.54, 1.807) is 28.8 Å². The zero-order valence-corrected chi connectivity index (χ0v) is 14.0. The lowest BCUT2D eigenvalue weighted by atomic mass is 10.2. The van der Waals surface area contributed by atoms with Gasteiger partial charge in [0.15, 0.2) is 0 Å². The van der Waals surface area contributed by atoms with E-state index in [2.05, 4.69) is 15.0 Å². The third-order valence-corrected chi connectivity index (χ3v) is 4.04. The van der Waals surface area contributed by atoms with Crippen molar-refractivity contribution in [1.29, 1.82) is 0 Å². The summed E-state index contributed by atoms with van der Waals surface area (Å²) in [6.45, 7) is 0.775. The molecule has 0 spiro atoms. The number of rotatable bonds is 5. The fourth-order valence-corrected chi connectivity index (χ4v) is 2.70. The van der Waals surface area contributed by atoms with Crippen molar-refractivity contribution in [2.24, 2.45) is 0 Å². The van der Waals surface area contributed by atoms with Crippen molar-refractivity contribution in [3.05, 3.63) is 58.8 Å². The van der Waals surface area contributed by atoms with E-state index in [0.29, 0.717) is 30.1 Å². The number of nitrogens with zero attached hydrogens (tertiary/aromatic N) is 5. The monoisotopic (exact) mass is 371 g/mol. The molecule has 0 N–H and O–H groups in total. The average Bonchev–Trinajstić information content (AvgIpc) is 3.11. The Morgan fingerprint density at radius 2 is 2.22 bits per heavy atom. The highest BCUT2D eigenvalue weighted by molar-refractivity contribution is 5.58. The summed E-state index contributed by atoms with van der Waals surface area (Å²) in [4.78, 5) is 22.1. The predicted molar refractivity (Wildman–Crippen MR) is 90.8 cm³/mol. The van der Waals surface area contributed by atoms with Crippen LogP contribution in [0.4, 0.5) is 10.2 Å². The minimum atomic E-state index is -0.556. The van der Waals surface area contributed by atoms with Gasteiger partial charge < -0.3 is 19.6 Å². The largest absolute Gasteiger partial charge is 0.474 e. The number of pyridine rings is 2. The zero-order valence-electron chi connectivity index (χ0n) is 14.0. The highest BCUT2D eigenvalue weighted by Gasteiger charge is 2.28. The molecule has 1 unspecified atom stereocenters. The van der Waals surface area contributed by atoms with Gasteiger partial charge in [-0.15, -0.1) is 0 Å². The van der Waals surface area contributed by atoms with E-state index < -0.39 is 10.9 Å². The van der Waals surface area contributed by atoms with E-state index in [1.165, 1.54) is 18.5 Å². The van der Waals surface area contributed by atoms with Crippen LogP contribution in [-0.4, -0.2) is 37.2 Å². The number of aryl methyl sites for hydroxylation is 1. The first-order chi connectivity index (χ1) is 13.1. The Labute approximate surface area is 152 Å². The number of hydrogen-bond donors (Lipinski definition) is 0. The Morgan fingerprint density at radius 3 is 3.00 bits per heavy atom. The number of nitro groups is 1. The number of ether oxygens (including phenoxy) is 2. The molecule has 0 amide bonds. The molecule has 27 heavy (non-hydrogen) atoms. The summed E-state index contributed by atoms with van der Waals surface area (Å²) in [5.41, 5.74) is 1.28. The minimum absolute atomic E-state index is 0.209. The smallest absolute Gasteiger partial charge is 0.414 e. The van der Waals surface area contributed by atoms with Gasteiger partial charge in [-0.05, 0) is 23.1 Å². The van der Waals surface area contributed by atoms with Gasteiger partial charge in [0.1, 0.15) is 18.9 Å². The molecule has 1 aliphatic heterocycles. The molecule has 1 aliphatic rings. The highest BCUT2D eigenvalue weighted by Crippen LogP contribution is 2.25. The van der Waals surface area contributed by atoms with E-state index in [9.17, 15) is 14.5 Å². The van der Waals surface area contributed by atoms with Crippen LogP contribution in [0.1, 0.15) is 6.42 Å². The first-order valence-electron chi connectivity index (χ1n) is 8.18. The van der Waals surface area contributed by atoms with Crippen LogP contribution in [0.15, 0.2) is 42.7 Å². The van der Waals surface area contributed by atoms with Gasteiger partial charge in [-0.1, -0.05) is 6.07 Å². The van der Waals surface area contributed by atoms with Crippen molar-refractivity contribution in [3.8, 4) is 23.1 Å². The summed E-state index contributed by atoms with van der Waals surface area (Å²) < 4.78 is 25.9. The van der Waals surface area contributed by atoms with Gasteiger partial charge in [-0.25, -0.2) is 9.97 Å². The third-order valence-electron chi connectivity index (χ3n) is 4.04. The second-order valence-corrected chi connectivity index (χ2v) is 5.90. The third kappa shape index (κ3) is 3.68. The molecule has 3 aromatic rings. The molecule has 3 aromatic heterocycles. The number of fused-ring (bicyclic) bond motifs is 1. The molecule has 10 heteroatoms. The molecule has 0 aromatic carbocycles. The molecule has 138 valence electrons. The van der Waals surface area contributed by atoms with E-state index in [4.69, 9.17) is 9.47 Å². The first kappa shape index (κ1) is 16.9. The number of aromatic nitrogens is 4. The quantitative estimate of drug-likeness (QED) is 0.386. The van der Waals surface area contributed by atoms with Crippen molar-refractivity contribution in [2.75, 3.05) is 6.61 Å². The lowest BCUT2D eigenvalue weighted by Gasteiger charge is -2.22. The molecule has 0 fully saturated rings. The molecule has 9 nitrogen and oxygen atoms in total. The van der Waals surface area contributed by atoms with Crippen LogP contribution in [0.5, 0.6) is 11.9 Å². The van der Waals surface area contributed by atoms with E-state index in [1.807, 2.05) is 0 Å². The second-order valence-electron chi connectivity index (χ2n) is 5.90. The summed E-state index contributed by atoms with van der Waals surface area (Å²) in [7, 11) is 0. The van der Waals surface area contributed by atoms with E-state index in [0.717, 1.165) is 0 Å². The van der Waals surface area contributed by atoms with Gasteiger partial charge in [-0.2, -0.15) is 4.39 Å². The molecule has 0 aliphatic carbocycles. The standard InChI is InChI=1S/C17H14FN5O4/c18-14-5-4-11(8-19-14)13-2-1-3-16(20-13)26-10-12-6-7-22-9-15(23(24)25)21-17(22)27-12/h1-5,8-9,12H,6-7,10H2. The Hall–Kier alpha value is -3.56. The SMILES string of the molecule is O=[N+]([O-])c1cn2c(n1)OC(COc1cccc(-c3ccc(F)nc3)n1)CC2. The second kappa shape index (κ2) is 6.98. The van der Waals surface area contributed by atoms with Crippen LogP contribution >= 0.6 is 0 Å². The summed E-state index contributed by atoms with van der Waals surface area (Å²) in [5.74, 6) is -0.409. The number of halogens is 1. The maximum absolute atomic E-state index is 12.9. The van der Waals surface area contributed by atoms with Gasteiger partial charge in [0, 0.05) is 35.8 Å². The topological polar surface area (TPSA) is 105 Å². The Kier molecular flexibility index (Phi) is 4.37. The molecular formula is C17H14FN5O4. The van der Waals surface area contributed by atoms with Crippen LogP contribution in [0, 0.1) is 16.1 Å². The van der Waals surface area contributed by atoms with Crippen molar-refractivity contribution in [3.63, 3.8) is 0 Å². The van der Waals surface area contributed by atoms with E-state index in [-0.39, 0.29) is 24.5 Å². The summed E-state index contributed by atoms with van der Waals surface area (Å²) in [5, 5.41) is 10.8. The normalized spacial score (nSPS) is 15.7. The van der Waals surface area contributed by atoms with Crippen molar-refractivity contribution in [2.45, 2.75) is 19.1 Å². The predicted octanol–water partition coefficient (Wildman–Crippen LogP) is 2.62. The molecule has 0 saturated carbocycles. The van der Waals surface area contributed by atoms with Crippen LogP contribution < -0.4 is 9.47 Å². The maximum atomic E-state index is 12.9. The Morgan fingerprint density at radius 1 is 1.33 bits per heavy atom. The lowest BCUT2D eigenvalue weighted by molar-refractivity contribution is -0.389. The van der Waals surface area contributed by atoms with Crippen LogP contribution in [0.3, 0.4) is 0 Å². The van der Waals surface area contributed by atoms with Crippen LogP contribution in [0.2, 0.25) is 0 Å². The Bertz CT molecular complexity index is 976. The summed E-state index contributed by atoms with van der Waals surface area (Å²) >= 11 is 0. The van der Waals surface area contributed by atoms with Crippen LogP contribution in [0.25, 0.3) is 11.3 Å². The Balaban J connectivity index is 1.41. The molecule has 0 bridgehead atoms. The summed E-state index contributed by atoms with van der Waals surface area (Å²) in [6.07, 6.45) is 3.09. The van der Waals surface area contributed by atoms with Crippen molar-refractivity contribution >= 4 is 5.82 Å². The van der Waals surface area contributed by atoms with Gasteiger partial charge in [-0.3, -0.25) is 4.57 Å². The average molecular weight is 371 g/mol. The zero-order chi connectivity index (χ0) is 18.8. The van der Waals surface area contributed by atoms with Gasteiger partial charge in [0.2, 0.25) is 11.8 Å². The van der Waals surface area contributed by atoms with Crippen molar-refractivity contribution < 1.29 is 18.8 Å². The molecule has 4 rings (SSSR count). The lowest BCUT2D eigenvalue weighted by Crippen LogP contribution is -2.31. The highest BCUT2D eigenvalue weighted by atomic mass is 19.1. The maximum Gasteiger partial charge on any atom is 0.414 e. The summed E-state index contributed by atoms with van der Waals surface area (Å²) in [6, 6.07) is 8.32. The van der Waals surface area contributed by atoms with Gasteiger partial charge in [0.05, 0.1) is 5.69 Å². The molecular weight excluding hydrogens is 357 g/mol. The molecule has 1 atom stereocenters. The molecule has 4 heterocycles. The first-order valence-corrected chi connectivity index (χ1v) is 8.18. The minimum Gasteiger partial charge on any atom is -0.474 e. The fraction of sp³-hybridized carbons (Fsp3) is 0.235.